The van der Waals surface area contributed by atoms with E-state index in [-0.39, 0.29) is 0 Å². The Bertz CT molecular complexity index is 570. The van der Waals surface area contributed by atoms with Crippen LogP contribution in [-0.4, -0.2) is 29.4 Å². The third-order valence-electron chi connectivity index (χ3n) is 4.23. The van der Waals surface area contributed by atoms with Gasteiger partial charge in [0.15, 0.2) is 0 Å². The topological polar surface area (TPSA) is 33.1 Å². The third kappa shape index (κ3) is 3.45. The van der Waals surface area contributed by atoms with Gasteiger partial charge in [0.1, 0.15) is 0 Å². The average Bonchev–Trinajstić information content (AvgIpc) is 3.16. The van der Waals surface area contributed by atoms with E-state index in [9.17, 15) is 0 Å². The average molecular weight is 284 g/mol. The lowest BCUT2D eigenvalue weighted by Gasteiger charge is -2.21. The van der Waals surface area contributed by atoms with Gasteiger partial charge in [0.25, 0.3) is 0 Å². The molecule has 0 spiro atoms. The molecular weight excluding hydrogens is 260 g/mol. The van der Waals surface area contributed by atoms with Crippen LogP contribution >= 0.6 is 0 Å². The minimum Gasteiger partial charge on any atom is -0.371 e. The zero-order chi connectivity index (χ0) is 14.5. The highest BCUT2D eigenvalue weighted by molar-refractivity contribution is 5.54. The Morgan fingerprint density at radius 3 is 2.71 bits per heavy atom. The largest absolute Gasteiger partial charge is 0.371 e. The molecule has 1 saturated heterocycles. The van der Waals surface area contributed by atoms with Crippen molar-refractivity contribution in [3.05, 3.63) is 47.8 Å². The standard InChI is InChI=1S/C17H24N4/c1-20-16(9-11-19-20)8-10-18-14-15-6-2-3-7-17(15)21-12-4-5-13-21/h2-3,6-7,9,11,18H,4-5,8,10,12-14H2,1H3. The van der Waals surface area contributed by atoms with Gasteiger partial charge in [-0.05, 0) is 30.5 Å². The van der Waals surface area contributed by atoms with Crippen molar-refractivity contribution in [3.63, 3.8) is 0 Å². The first-order chi connectivity index (χ1) is 10.3. The van der Waals surface area contributed by atoms with Crippen molar-refractivity contribution in [3.8, 4) is 0 Å². The Morgan fingerprint density at radius 1 is 1.14 bits per heavy atom. The molecular formula is C17H24N4. The van der Waals surface area contributed by atoms with Gasteiger partial charge in [-0.3, -0.25) is 4.68 Å². The molecule has 0 atom stereocenters. The van der Waals surface area contributed by atoms with E-state index >= 15 is 0 Å². The summed E-state index contributed by atoms with van der Waals surface area (Å²) in [6, 6.07) is 10.9. The number of anilines is 1. The second kappa shape index (κ2) is 6.76. The Kier molecular flexibility index (Phi) is 4.55. The third-order valence-corrected chi connectivity index (χ3v) is 4.23. The molecule has 21 heavy (non-hydrogen) atoms. The van der Waals surface area contributed by atoms with Crippen molar-refractivity contribution in [1.29, 1.82) is 0 Å². The highest BCUT2D eigenvalue weighted by atomic mass is 15.3. The number of aryl methyl sites for hydroxylation is 1. The van der Waals surface area contributed by atoms with Gasteiger partial charge in [-0.25, -0.2) is 0 Å². The van der Waals surface area contributed by atoms with Gasteiger partial charge in [0, 0.05) is 57.2 Å². The fourth-order valence-electron chi connectivity index (χ4n) is 3.01. The van der Waals surface area contributed by atoms with Crippen molar-refractivity contribution in [2.45, 2.75) is 25.8 Å². The summed E-state index contributed by atoms with van der Waals surface area (Å²) in [4.78, 5) is 2.51. The molecule has 0 bridgehead atoms. The summed E-state index contributed by atoms with van der Waals surface area (Å²) in [5.41, 5.74) is 4.09. The highest BCUT2D eigenvalue weighted by Crippen LogP contribution is 2.24. The van der Waals surface area contributed by atoms with Gasteiger partial charge in [0.2, 0.25) is 0 Å². The van der Waals surface area contributed by atoms with Crippen molar-refractivity contribution >= 4 is 5.69 Å². The van der Waals surface area contributed by atoms with Crippen LogP contribution in [0.25, 0.3) is 0 Å². The number of nitrogens with one attached hydrogen (secondary N) is 1. The lowest BCUT2D eigenvalue weighted by molar-refractivity contribution is 0.642. The minimum atomic E-state index is 0.935. The van der Waals surface area contributed by atoms with Gasteiger partial charge in [-0.15, -0.1) is 0 Å². The summed E-state index contributed by atoms with van der Waals surface area (Å²) in [5.74, 6) is 0. The van der Waals surface area contributed by atoms with Crippen molar-refractivity contribution in [1.82, 2.24) is 15.1 Å². The number of aromatic nitrogens is 2. The molecule has 1 aliphatic heterocycles. The van der Waals surface area contributed by atoms with E-state index in [1.165, 1.54) is 42.9 Å². The van der Waals surface area contributed by atoms with Crippen LogP contribution in [0.15, 0.2) is 36.5 Å². The molecule has 0 aliphatic carbocycles. The van der Waals surface area contributed by atoms with Gasteiger partial charge in [0.05, 0.1) is 0 Å². The van der Waals surface area contributed by atoms with E-state index in [4.69, 9.17) is 0 Å². The molecule has 2 aromatic rings. The minimum absolute atomic E-state index is 0.935. The van der Waals surface area contributed by atoms with E-state index in [2.05, 4.69) is 45.6 Å². The van der Waals surface area contributed by atoms with E-state index < -0.39 is 0 Å². The number of hydrogen-bond donors (Lipinski definition) is 1. The summed E-state index contributed by atoms with van der Waals surface area (Å²) in [6.07, 6.45) is 5.52. The normalized spacial score (nSPS) is 14.8. The second-order valence-corrected chi connectivity index (χ2v) is 5.70. The molecule has 0 unspecified atom stereocenters. The van der Waals surface area contributed by atoms with Gasteiger partial charge in [-0.1, -0.05) is 18.2 Å². The first-order valence-electron chi connectivity index (χ1n) is 7.85. The molecule has 112 valence electrons. The molecule has 3 rings (SSSR count). The molecule has 0 amide bonds. The smallest absolute Gasteiger partial charge is 0.0492 e. The Morgan fingerprint density at radius 2 is 1.95 bits per heavy atom. The Labute approximate surface area is 126 Å². The Hall–Kier alpha value is -1.81. The fraction of sp³-hybridized carbons (Fsp3) is 0.471. The van der Waals surface area contributed by atoms with E-state index in [0.29, 0.717) is 0 Å². The number of benzene rings is 1. The predicted molar refractivity (Wildman–Crippen MR) is 86.5 cm³/mol. The molecule has 1 fully saturated rings. The second-order valence-electron chi connectivity index (χ2n) is 5.70. The molecule has 2 heterocycles. The van der Waals surface area contributed by atoms with Gasteiger partial charge in [-0.2, -0.15) is 5.10 Å². The lowest BCUT2D eigenvalue weighted by Crippen LogP contribution is -2.23. The predicted octanol–water partition coefficient (Wildman–Crippen LogP) is 2.35. The van der Waals surface area contributed by atoms with Crippen LogP contribution < -0.4 is 10.2 Å². The molecule has 0 radical (unpaired) electrons. The molecule has 4 nitrogen and oxygen atoms in total. The fourth-order valence-corrected chi connectivity index (χ4v) is 3.01. The van der Waals surface area contributed by atoms with Crippen LogP contribution in [0.1, 0.15) is 24.1 Å². The molecule has 1 aliphatic rings. The summed E-state index contributed by atoms with van der Waals surface area (Å²) < 4.78 is 1.94. The number of nitrogens with zero attached hydrogens (tertiary/aromatic N) is 3. The van der Waals surface area contributed by atoms with E-state index in [0.717, 1.165) is 19.5 Å². The molecule has 1 N–H and O–H groups in total. The van der Waals surface area contributed by atoms with Crippen LogP contribution in [0.4, 0.5) is 5.69 Å². The van der Waals surface area contributed by atoms with Crippen LogP contribution in [0.2, 0.25) is 0 Å². The van der Waals surface area contributed by atoms with Crippen molar-refractivity contribution in [2.75, 3.05) is 24.5 Å². The maximum Gasteiger partial charge on any atom is 0.0492 e. The van der Waals surface area contributed by atoms with E-state index in [1.807, 2.05) is 17.9 Å². The van der Waals surface area contributed by atoms with E-state index in [1.54, 1.807) is 0 Å². The molecule has 1 aromatic heterocycles. The van der Waals surface area contributed by atoms with Crippen LogP contribution in [-0.2, 0) is 20.0 Å². The lowest BCUT2D eigenvalue weighted by atomic mass is 10.1. The van der Waals surface area contributed by atoms with Crippen LogP contribution in [0, 0.1) is 0 Å². The maximum atomic E-state index is 4.20. The van der Waals surface area contributed by atoms with Gasteiger partial charge < -0.3 is 10.2 Å². The monoisotopic (exact) mass is 284 g/mol. The number of rotatable bonds is 6. The van der Waals surface area contributed by atoms with Crippen molar-refractivity contribution in [2.24, 2.45) is 7.05 Å². The van der Waals surface area contributed by atoms with Crippen LogP contribution in [0.5, 0.6) is 0 Å². The summed E-state index contributed by atoms with van der Waals surface area (Å²) in [7, 11) is 2.00. The summed E-state index contributed by atoms with van der Waals surface area (Å²) >= 11 is 0. The summed E-state index contributed by atoms with van der Waals surface area (Å²) in [6.45, 7) is 4.32. The van der Waals surface area contributed by atoms with Crippen LogP contribution in [0.3, 0.4) is 0 Å². The Balaban J connectivity index is 1.54. The zero-order valence-corrected chi connectivity index (χ0v) is 12.8. The SMILES string of the molecule is Cn1nccc1CCNCc1ccccc1N1CCCC1. The number of hydrogen-bond acceptors (Lipinski definition) is 3. The van der Waals surface area contributed by atoms with Crippen molar-refractivity contribution < 1.29 is 0 Å². The first kappa shape index (κ1) is 14.1. The summed E-state index contributed by atoms with van der Waals surface area (Å²) in [5, 5.41) is 7.77. The zero-order valence-electron chi connectivity index (χ0n) is 12.8. The first-order valence-corrected chi connectivity index (χ1v) is 7.85. The molecule has 1 aromatic carbocycles. The molecule has 4 heteroatoms. The number of para-hydroxylation sites is 1. The highest BCUT2D eigenvalue weighted by Gasteiger charge is 2.14. The maximum absolute atomic E-state index is 4.20. The van der Waals surface area contributed by atoms with Gasteiger partial charge >= 0.3 is 0 Å². The quantitative estimate of drug-likeness (QED) is 0.827. The molecule has 0 saturated carbocycles.